The van der Waals surface area contributed by atoms with Crippen molar-refractivity contribution in [2.45, 2.75) is 55.7 Å². The lowest BCUT2D eigenvalue weighted by Gasteiger charge is -2.37. The molecule has 4 nitrogen and oxygen atoms in total. The molecule has 2 aromatic carbocycles. The predicted octanol–water partition coefficient (Wildman–Crippen LogP) is 3.48. The van der Waals surface area contributed by atoms with Gasteiger partial charge in [0, 0.05) is 25.3 Å². The first-order valence-electron chi connectivity index (χ1n) is 10.5. The van der Waals surface area contributed by atoms with E-state index in [0.29, 0.717) is 13.0 Å². The standard InChI is InChI=1S/C24H28N2O2/c1-25-21-15-9-8-14-20(21)23(16-18-10-4-2-5-11-18)17-26(22(27)24(23,25)28)19-12-6-3-7-13-19/h2,4-5,8-11,14-15,19,28H,3,6-7,12-13,16-17H2,1H3/t23-,24+/m0/s1. The van der Waals surface area contributed by atoms with E-state index < -0.39 is 11.1 Å². The lowest BCUT2D eigenvalue weighted by Crippen LogP contribution is -2.60. The zero-order valence-electron chi connectivity index (χ0n) is 16.5. The quantitative estimate of drug-likeness (QED) is 0.892. The van der Waals surface area contributed by atoms with Crippen molar-refractivity contribution in [1.29, 1.82) is 0 Å². The summed E-state index contributed by atoms with van der Waals surface area (Å²) in [5.74, 6) is -0.117. The summed E-state index contributed by atoms with van der Waals surface area (Å²) in [7, 11) is 1.87. The van der Waals surface area contributed by atoms with Crippen LogP contribution >= 0.6 is 0 Å². The summed E-state index contributed by atoms with van der Waals surface area (Å²) in [5.41, 5.74) is 1.05. The second kappa shape index (κ2) is 6.35. The number of carbonyl (C=O) groups is 1. The zero-order chi connectivity index (χ0) is 19.4. The number of carbonyl (C=O) groups excluding carboxylic acids is 1. The molecule has 2 atom stereocenters. The van der Waals surface area contributed by atoms with Gasteiger partial charge < -0.3 is 14.9 Å². The van der Waals surface area contributed by atoms with Crippen LogP contribution in [0.3, 0.4) is 0 Å². The van der Waals surface area contributed by atoms with Crippen LogP contribution in [0.1, 0.15) is 43.2 Å². The molecule has 0 bridgehead atoms. The predicted molar refractivity (Wildman–Crippen MR) is 110 cm³/mol. The number of benzene rings is 2. The van der Waals surface area contributed by atoms with Gasteiger partial charge in [0.2, 0.25) is 5.72 Å². The molecule has 1 saturated heterocycles. The number of hydrogen-bond donors (Lipinski definition) is 1. The summed E-state index contributed by atoms with van der Waals surface area (Å²) >= 11 is 0. The third kappa shape index (κ3) is 2.24. The van der Waals surface area contributed by atoms with Gasteiger partial charge in [-0.2, -0.15) is 0 Å². The van der Waals surface area contributed by atoms with E-state index in [2.05, 4.69) is 18.2 Å². The zero-order valence-corrected chi connectivity index (χ0v) is 16.5. The van der Waals surface area contributed by atoms with Gasteiger partial charge in [-0.15, -0.1) is 0 Å². The maximum Gasteiger partial charge on any atom is 0.277 e. The third-order valence-corrected chi connectivity index (χ3v) is 7.30. The molecule has 1 aliphatic carbocycles. The van der Waals surface area contributed by atoms with Crippen molar-refractivity contribution >= 4 is 11.6 Å². The lowest BCUT2D eigenvalue weighted by molar-refractivity contribution is -0.147. The summed E-state index contributed by atoms with van der Waals surface area (Å²) in [5, 5.41) is 12.0. The molecule has 1 N–H and O–H groups in total. The fraction of sp³-hybridized carbons (Fsp3) is 0.458. The Labute approximate surface area is 166 Å². The Hall–Kier alpha value is -2.33. The number of aliphatic hydroxyl groups is 1. The Balaban J connectivity index is 1.65. The van der Waals surface area contributed by atoms with Gasteiger partial charge in [0.15, 0.2) is 0 Å². The van der Waals surface area contributed by atoms with Crippen LogP contribution in [0.15, 0.2) is 54.6 Å². The van der Waals surface area contributed by atoms with E-state index in [1.165, 1.54) is 19.3 Å². The molecular formula is C24H28N2O2. The normalized spacial score (nSPS) is 29.9. The van der Waals surface area contributed by atoms with Crippen LogP contribution in [-0.4, -0.2) is 41.3 Å². The summed E-state index contributed by atoms with van der Waals surface area (Å²) < 4.78 is 0. The molecule has 2 aliphatic heterocycles. The monoisotopic (exact) mass is 376 g/mol. The van der Waals surface area contributed by atoms with Gasteiger partial charge in [0.1, 0.15) is 0 Å². The van der Waals surface area contributed by atoms with E-state index in [9.17, 15) is 9.90 Å². The summed E-state index contributed by atoms with van der Waals surface area (Å²) in [6.07, 6.45) is 6.35. The van der Waals surface area contributed by atoms with Gasteiger partial charge in [-0.25, -0.2) is 0 Å². The maximum atomic E-state index is 13.7. The molecular weight excluding hydrogens is 348 g/mol. The summed E-state index contributed by atoms with van der Waals surface area (Å²) in [4.78, 5) is 17.6. The Morgan fingerprint density at radius 2 is 1.68 bits per heavy atom. The fourth-order valence-corrected chi connectivity index (χ4v) is 5.87. The number of likely N-dealkylation sites (tertiary alicyclic amines) is 1. The molecule has 146 valence electrons. The average molecular weight is 377 g/mol. The number of para-hydroxylation sites is 1. The van der Waals surface area contributed by atoms with Gasteiger partial charge in [-0.05, 0) is 36.5 Å². The van der Waals surface area contributed by atoms with E-state index in [1.807, 2.05) is 53.2 Å². The van der Waals surface area contributed by atoms with E-state index in [4.69, 9.17) is 0 Å². The SMILES string of the molecule is CN1c2ccccc2[C@]2(Cc3ccccc3)CN(C3CCCCC3)C(=O)[C@]12O. The van der Waals surface area contributed by atoms with Crippen molar-refractivity contribution in [2.75, 3.05) is 18.5 Å². The largest absolute Gasteiger partial charge is 0.362 e. The number of anilines is 1. The van der Waals surface area contributed by atoms with Gasteiger partial charge in [0.25, 0.3) is 5.91 Å². The van der Waals surface area contributed by atoms with E-state index >= 15 is 0 Å². The maximum absolute atomic E-state index is 13.7. The van der Waals surface area contributed by atoms with Gasteiger partial charge in [-0.3, -0.25) is 4.79 Å². The lowest BCUT2D eigenvalue weighted by atomic mass is 9.71. The molecule has 0 aromatic heterocycles. The van der Waals surface area contributed by atoms with Crippen LogP contribution in [0.5, 0.6) is 0 Å². The highest BCUT2D eigenvalue weighted by molar-refractivity contribution is 5.97. The number of hydrogen-bond acceptors (Lipinski definition) is 3. The topological polar surface area (TPSA) is 43.8 Å². The number of nitrogens with zero attached hydrogens (tertiary/aromatic N) is 2. The van der Waals surface area contributed by atoms with Crippen molar-refractivity contribution in [3.8, 4) is 0 Å². The van der Waals surface area contributed by atoms with Gasteiger partial charge in [-0.1, -0.05) is 67.8 Å². The Kier molecular flexibility index (Phi) is 4.02. The molecule has 5 rings (SSSR count). The van der Waals surface area contributed by atoms with E-state index in [-0.39, 0.29) is 11.9 Å². The van der Waals surface area contributed by atoms with Gasteiger partial charge in [0.05, 0.1) is 5.41 Å². The fourth-order valence-electron chi connectivity index (χ4n) is 5.87. The first kappa shape index (κ1) is 17.7. The smallest absolute Gasteiger partial charge is 0.277 e. The highest BCUT2D eigenvalue weighted by Crippen LogP contribution is 2.56. The Bertz CT molecular complexity index is 892. The summed E-state index contributed by atoms with van der Waals surface area (Å²) in [6, 6.07) is 18.7. The molecule has 3 aliphatic rings. The van der Waals surface area contributed by atoms with Crippen LogP contribution in [0.4, 0.5) is 5.69 Å². The van der Waals surface area contributed by atoms with Crippen molar-refractivity contribution in [2.24, 2.45) is 0 Å². The van der Waals surface area contributed by atoms with E-state index in [1.54, 1.807) is 0 Å². The number of rotatable bonds is 3. The second-order valence-corrected chi connectivity index (χ2v) is 8.72. The van der Waals surface area contributed by atoms with Crippen molar-refractivity contribution in [3.63, 3.8) is 0 Å². The number of likely N-dealkylation sites (N-methyl/N-ethyl adjacent to an activating group) is 1. The minimum atomic E-state index is -1.52. The molecule has 0 unspecified atom stereocenters. The molecule has 4 heteroatoms. The van der Waals surface area contributed by atoms with Crippen LogP contribution < -0.4 is 4.90 Å². The molecule has 28 heavy (non-hydrogen) atoms. The van der Waals surface area contributed by atoms with Crippen molar-refractivity contribution in [1.82, 2.24) is 4.90 Å². The number of fused-ring (bicyclic) bond motifs is 3. The molecule has 0 radical (unpaired) electrons. The molecule has 2 aromatic rings. The van der Waals surface area contributed by atoms with Crippen LogP contribution in [0.25, 0.3) is 0 Å². The van der Waals surface area contributed by atoms with Crippen LogP contribution in [-0.2, 0) is 16.6 Å². The van der Waals surface area contributed by atoms with Crippen molar-refractivity contribution in [3.05, 3.63) is 65.7 Å². The second-order valence-electron chi connectivity index (χ2n) is 8.72. The number of amides is 1. The highest BCUT2D eigenvalue weighted by Gasteiger charge is 2.71. The first-order valence-corrected chi connectivity index (χ1v) is 10.5. The van der Waals surface area contributed by atoms with E-state index in [0.717, 1.165) is 29.7 Å². The van der Waals surface area contributed by atoms with Gasteiger partial charge >= 0.3 is 0 Å². The van der Waals surface area contributed by atoms with Crippen molar-refractivity contribution < 1.29 is 9.90 Å². The summed E-state index contributed by atoms with van der Waals surface area (Å²) in [6.45, 7) is 0.587. The minimum absolute atomic E-state index is 0.117. The van der Waals surface area contributed by atoms with Crippen LogP contribution in [0, 0.1) is 0 Å². The minimum Gasteiger partial charge on any atom is -0.362 e. The Morgan fingerprint density at radius 1 is 1.00 bits per heavy atom. The molecule has 0 spiro atoms. The molecule has 2 fully saturated rings. The average Bonchev–Trinajstić information content (AvgIpc) is 3.08. The molecule has 1 amide bonds. The van der Waals surface area contributed by atoms with Crippen LogP contribution in [0.2, 0.25) is 0 Å². The third-order valence-electron chi connectivity index (χ3n) is 7.30. The highest BCUT2D eigenvalue weighted by atomic mass is 16.3. The molecule has 2 heterocycles. The molecule has 1 saturated carbocycles. The Morgan fingerprint density at radius 3 is 2.43 bits per heavy atom. The first-order chi connectivity index (χ1) is 13.6.